The van der Waals surface area contributed by atoms with Crippen molar-refractivity contribution in [2.45, 2.75) is 71.6 Å². The average Bonchev–Trinajstić information content (AvgIpc) is 2.94. The Bertz CT molecular complexity index is 471. The normalized spacial score (nSPS) is 11.7. The van der Waals surface area contributed by atoms with Gasteiger partial charge in [0.2, 0.25) is 5.91 Å². The first-order valence-corrected chi connectivity index (χ1v) is 9.41. The highest BCUT2D eigenvalue weighted by Crippen LogP contribution is 2.21. The predicted molar refractivity (Wildman–Crippen MR) is 96.9 cm³/mol. The molecule has 0 bridgehead atoms. The summed E-state index contributed by atoms with van der Waals surface area (Å²) >= 11 is 7.34. The molecule has 0 spiro atoms. The van der Waals surface area contributed by atoms with Crippen molar-refractivity contribution < 1.29 is 4.79 Å². The monoisotopic (exact) mass is 342 g/mol. The van der Waals surface area contributed by atoms with Crippen LogP contribution in [0, 0.1) is 0 Å². The molecule has 5 heteroatoms. The highest BCUT2D eigenvalue weighted by Gasteiger charge is 2.03. The van der Waals surface area contributed by atoms with Crippen molar-refractivity contribution in [3.8, 4) is 0 Å². The van der Waals surface area contributed by atoms with Gasteiger partial charge in [-0.25, -0.2) is 5.43 Å². The van der Waals surface area contributed by atoms with Gasteiger partial charge >= 0.3 is 0 Å². The lowest BCUT2D eigenvalue weighted by Crippen LogP contribution is -2.18. The Labute approximate surface area is 143 Å². The van der Waals surface area contributed by atoms with Crippen LogP contribution in [0.4, 0.5) is 0 Å². The molecule has 1 aromatic rings. The van der Waals surface area contributed by atoms with Crippen LogP contribution in [-0.4, -0.2) is 11.6 Å². The van der Waals surface area contributed by atoms with E-state index in [4.69, 9.17) is 11.6 Å². The summed E-state index contributed by atoms with van der Waals surface area (Å²) in [5.41, 5.74) is 3.41. The molecule has 0 aliphatic heterocycles. The van der Waals surface area contributed by atoms with E-state index in [0.29, 0.717) is 6.42 Å². The number of carbonyl (C=O) groups excluding carboxylic acids is 1. The van der Waals surface area contributed by atoms with Crippen molar-refractivity contribution in [1.29, 1.82) is 0 Å². The van der Waals surface area contributed by atoms with E-state index in [2.05, 4.69) is 17.5 Å². The Morgan fingerprint density at radius 2 is 1.77 bits per heavy atom. The zero-order valence-electron chi connectivity index (χ0n) is 13.7. The molecule has 0 aliphatic rings. The van der Waals surface area contributed by atoms with Gasteiger partial charge in [-0.1, -0.05) is 63.5 Å². The largest absolute Gasteiger partial charge is 0.273 e. The maximum Gasteiger partial charge on any atom is 0.240 e. The van der Waals surface area contributed by atoms with E-state index in [1.165, 1.54) is 49.9 Å². The molecule has 1 N–H and O–H groups in total. The van der Waals surface area contributed by atoms with Crippen LogP contribution in [0.5, 0.6) is 0 Å². The number of nitrogens with one attached hydrogen (secondary N) is 1. The Morgan fingerprint density at radius 1 is 1.14 bits per heavy atom. The molecule has 1 heterocycles. The number of hydrogen-bond donors (Lipinski definition) is 1. The second-order valence-corrected chi connectivity index (χ2v) is 7.28. The van der Waals surface area contributed by atoms with E-state index in [9.17, 15) is 4.79 Å². The molecule has 22 heavy (non-hydrogen) atoms. The van der Waals surface area contributed by atoms with Crippen LogP contribution in [0.3, 0.4) is 0 Å². The first-order valence-electron chi connectivity index (χ1n) is 8.22. The number of amides is 1. The van der Waals surface area contributed by atoms with Gasteiger partial charge in [-0.15, -0.1) is 11.3 Å². The number of rotatable bonds is 11. The van der Waals surface area contributed by atoms with Gasteiger partial charge in [0.05, 0.1) is 14.9 Å². The van der Waals surface area contributed by atoms with E-state index < -0.39 is 0 Å². The summed E-state index contributed by atoms with van der Waals surface area (Å²) in [5, 5.41) is 4.13. The number of thiophene rings is 1. The molecular formula is C17H27ClN2OS. The topological polar surface area (TPSA) is 41.5 Å². The quantitative estimate of drug-likeness (QED) is 0.309. The number of hydrazone groups is 1. The van der Waals surface area contributed by atoms with Gasteiger partial charge < -0.3 is 0 Å². The maximum atomic E-state index is 11.7. The van der Waals surface area contributed by atoms with Crippen molar-refractivity contribution in [3.63, 3.8) is 0 Å². The molecule has 1 amide bonds. The van der Waals surface area contributed by atoms with E-state index in [-0.39, 0.29) is 5.91 Å². The molecule has 124 valence electrons. The van der Waals surface area contributed by atoms with Crippen LogP contribution in [-0.2, 0) is 4.79 Å². The fourth-order valence-electron chi connectivity index (χ4n) is 2.19. The molecule has 1 aromatic heterocycles. The zero-order valence-corrected chi connectivity index (χ0v) is 15.2. The molecule has 3 nitrogen and oxygen atoms in total. The summed E-state index contributed by atoms with van der Waals surface area (Å²) < 4.78 is 0.731. The Kier molecular flexibility index (Phi) is 10.2. The molecule has 1 rings (SSSR count). The summed E-state index contributed by atoms with van der Waals surface area (Å²) in [7, 11) is 0. The second-order valence-electron chi connectivity index (χ2n) is 5.56. The maximum absolute atomic E-state index is 11.7. The van der Waals surface area contributed by atoms with E-state index >= 15 is 0 Å². The van der Waals surface area contributed by atoms with Gasteiger partial charge in [0.1, 0.15) is 0 Å². The molecule has 0 aromatic carbocycles. The van der Waals surface area contributed by atoms with Crippen LogP contribution in [0.1, 0.15) is 76.5 Å². The number of unbranched alkanes of at least 4 members (excludes halogenated alkanes) is 7. The van der Waals surface area contributed by atoms with Crippen molar-refractivity contribution in [2.75, 3.05) is 0 Å². The number of hydrogen-bond acceptors (Lipinski definition) is 3. The minimum atomic E-state index is -0.00649. The summed E-state index contributed by atoms with van der Waals surface area (Å²) in [5.74, 6) is -0.00649. The molecule has 0 unspecified atom stereocenters. The van der Waals surface area contributed by atoms with Crippen LogP contribution >= 0.6 is 22.9 Å². The van der Waals surface area contributed by atoms with Gasteiger partial charge in [-0.05, 0) is 25.5 Å². The van der Waals surface area contributed by atoms with Gasteiger partial charge in [0, 0.05) is 6.42 Å². The van der Waals surface area contributed by atoms with Gasteiger partial charge in [0.15, 0.2) is 0 Å². The third-order valence-corrected chi connectivity index (χ3v) is 4.88. The molecule has 0 saturated heterocycles. The number of nitrogens with zero attached hydrogens (tertiary/aromatic N) is 1. The highest BCUT2D eigenvalue weighted by atomic mass is 35.5. The standard InChI is InChI=1S/C17H27ClN2OS/c1-3-4-5-6-7-8-9-10-11-17(21)20-19-14(2)15-12-13-16(18)22-15/h12-13H,3-11H2,1-2H3,(H,20,21). The number of halogens is 1. The van der Waals surface area contributed by atoms with E-state index in [1.54, 1.807) is 0 Å². The SMILES string of the molecule is CCCCCCCCCCC(=O)NN=C(C)c1ccc(Cl)s1. The minimum Gasteiger partial charge on any atom is -0.273 e. The van der Waals surface area contributed by atoms with Crippen molar-refractivity contribution in [2.24, 2.45) is 5.10 Å². The first-order chi connectivity index (χ1) is 10.6. The van der Waals surface area contributed by atoms with Crippen LogP contribution in [0.15, 0.2) is 17.2 Å². The molecule has 0 aliphatic carbocycles. The van der Waals surface area contributed by atoms with Gasteiger partial charge in [-0.3, -0.25) is 4.79 Å². The van der Waals surface area contributed by atoms with Crippen LogP contribution < -0.4 is 5.43 Å². The molecule has 0 atom stereocenters. The third-order valence-electron chi connectivity index (χ3n) is 3.54. The van der Waals surface area contributed by atoms with Crippen molar-refractivity contribution in [3.05, 3.63) is 21.3 Å². The average molecular weight is 343 g/mol. The van der Waals surface area contributed by atoms with E-state index in [0.717, 1.165) is 27.8 Å². The second kappa shape index (κ2) is 11.7. The summed E-state index contributed by atoms with van der Waals surface area (Å²) in [6.45, 7) is 4.11. The predicted octanol–water partition coefficient (Wildman–Crippen LogP) is 5.77. The smallest absolute Gasteiger partial charge is 0.240 e. The molecule has 0 saturated carbocycles. The lowest BCUT2D eigenvalue weighted by atomic mass is 10.1. The van der Waals surface area contributed by atoms with Gasteiger partial charge in [-0.2, -0.15) is 5.10 Å². The summed E-state index contributed by atoms with van der Waals surface area (Å²) in [6, 6.07) is 3.75. The lowest BCUT2D eigenvalue weighted by molar-refractivity contribution is -0.121. The summed E-state index contributed by atoms with van der Waals surface area (Å²) in [4.78, 5) is 12.7. The lowest BCUT2D eigenvalue weighted by Gasteiger charge is -2.02. The Morgan fingerprint density at radius 3 is 2.36 bits per heavy atom. The Hall–Kier alpha value is -0.870. The third kappa shape index (κ3) is 8.54. The van der Waals surface area contributed by atoms with E-state index in [1.807, 2.05) is 19.1 Å². The van der Waals surface area contributed by atoms with Crippen molar-refractivity contribution in [1.82, 2.24) is 5.43 Å². The first kappa shape index (κ1) is 19.2. The zero-order chi connectivity index (χ0) is 16.2. The fourth-order valence-corrected chi connectivity index (χ4v) is 3.17. The fraction of sp³-hybridized carbons (Fsp3) is 0.647. The highest BCUT2D eigenvalue weighted by molar-refractivity contribution is 7.18. The minimum absolute atomic E-state index is 0.00649. The number of carbonyl (C=O) groups is 1. The molecule has 0 fully saturated rings. The van der Waals surface area contributed by atoms with Gasteiger partial charge in [0.25, 0.3) is 0 Å². The van der Waals surface area contributed by atoms with Crippen LogP contribution in [0.2, 0.25) is 4.34 Å². The Balaban J connectivity index is 2.08. The van der Waals surface area contributed by atoms with Crippen molar-refractivity contribution >= 4 is 34.6 Å². The van der Waals surface area contributed by atoms with Crippen LogP contribution in [0.25, 0.3) is 0 Å². The summed E-state index contributed by atoms with van der Waals surface area (Å²) in [6.07, 6.45) is 10.4. The molecule has 0 radical (unpaired) electrons. The molecular weight excluding hydrogens is 316 g/mol.